The fourth-order valence-corrected chi connectivity index (χ4v) is 7.75. The molecule has 0 aromatic rings. The summed E-state index contributed by atoms with van der Waals surface area (Å²) in [5, 5.41) is 31.0. The van der Waals surface area contributed by atoms with E-state index in [1.54, 1.807) is 0 Å². The van der Waals surface area contributed by atoms with Gasteiger partial charge in [0.05, 0.1) is 13.2 Å². The van der Waals surface area contributed by atoms with Gasteiger partial charge < -0.3 is 34.3 Å². The molecule has 1 rings (SSSR count). The molecule has 0 bridgehead atoms. The van der Waals surface area contributed by atoms with Gasteiger partial charge in [-0.1, -0.05) is 194 Å². The van der Waals surface area contributed by atoms with Crippen molar-refractivity contribution in [2.75, 3.05) is 19.8 Å². The molecule has 1 aliphatic heterocycles. The summed E-state index contributed by atoms with van der Waals surface area (Å²) in [5.41, 5.74) is 0. The molecule has 13 nitrogen and oxygen atoms in total. The van der Waals surface area contributed by atoms with E-state index >= 15 is 0 Å². The van der Waals surface area contributed by atoms with Gasteiger partial charge >= 0.3 is 22.3 Å². The summed E-state index contributed by atoms with van der Waals surface area (Å²) in [7, 11) is -4.88. The zero-order valence-corrected chi connectivity index (χ0v) is 40.9. The molecule has 4 N–H and O–H groups in total. The maximum atomic E-state index is 12.8. The predicted octanol–water partition coefficient (Wildman–Crippen LogP) is 9.23. The van der Waals surface area contributed by atoms with Crippen LogP contribution in [0.3, 0.4) is 0 Å². The van der Waals surface area contributed by atoms with Gasteiger partial charge in [0.25, 0.3) is 0 Å². The Balaban J connectivity index is 0.0000348. The van der Waals surface area contributed by atoms with Crippen LogP contribution in [0.25, 0.3) is 0 Å². The number of aliphatic hydroxyl groups excluding tert-OH is 3. The van der Waals surface area contributed by atoms with Crippen molar-refractivity contribution in [1.82, 2.24) is 0 Å². The van der Waals surface area contributed by atoms with Crippen LogP contribution in [0, 0.1) is 0 Å². The minimum atomic E-state index is -4.88. The fourth-order valence-electron chi connectivity index (χ4n) is 7.45. The van der Waals surface area contributed by atoms with Crippen molar-refractivity contribution in [2.24, 2.45) is 0 Å². The summed E-state index contributed by atoms with van der Waals surface area (Å²) in [6.45, 7) is 2.93. The van der Waals surface area contributed by atoms with Crippen LogP contribution in [0.1, 0.15) is 219 Å². The zero-order valence-electron chi connectivity index (χ0n) is 38.1. The molecule has 60 heavy (non-hydrogen) atoms. The van der Waals surface area contributed by atoms with Gasteiger partial charge in [0.1, 0.15) is 31.0 Å². The van der Waals surface area contributed by atoms with Crippen molar-refractivity contribution in [3.63, 3.8) is 0 Å². The number of carbonyl (C=O) groups is 2. The third-order valence-corrected chi connectivity index (χ3v) is 11.6. The van der Waals surface area contributed by atoms with Crippen molar-refractivity contribution in [3.05, 3.63) is 0 Å². The molecule has 0 amide bonds. The van der Waals surface area contributed by atoms with E-state index in [9.17, 15) is 33.3 Å². The molecule has 15 heteroatoms. The van der Waals surface area contributed by atoms with Gasteiger partial charge in [-0.05, 0) is 12.8 Å². The summed E-state index contributed by atoms with van der Waals surface area (Å²) in [5.74, 6) is -0.926. The van der Waals surface area contributed by atoms with E-state index in [-0.39, 0.29) is 49.0 Å². The van der Waals surface area contributed by atoms with E-state index in [2.05, 4.69) is 18.0 Å². The van der Waals surface area contributed by atoms with Gasteiger partial charge in [0, 0.05) is 42.4 Å². The second kappa shape index (κ2) is 40.1. The van der Waals surface area contributed by atoms with Crippen LogP contribution in [0.4, 0.5) is 0 Å². The standard InChI is InChI=1S/C45H86O13S.Na/c1-3-5-7-9-11-13-15-17-19-21-23-25-27-29-31-33-40(46)54-35-38(36-55-45-44(50)43(49)42(48)39(58-45)37-56-59(51,52)53)57-41(47)34-32-30-28-26-24-22-20-18-16-14-12-10-8-6-4-2;/h38-39,42-45,48-50H,3-37H2,1-2H3,(H,51,52,53);. The molecular weight excluding hydrogens is 804 g/mol. The third-order valence-electron chi connectivity index (χ3n) is 11.2. The van der Waals surface area contributed by atoms with Crippen LogP contribution in [0.2, 0.25) is 0 Å². The molecule has 6 atom stereocenters. The Kier molecular flexibility index (Phi) is 39.9. The van der Waals surface area contributed by atoms with Crippen molar-refractivity contribution in [1.29, 1.82) is 0 Å². The smallest absolute Gasteiger partial charge is 0.397 e. The average molecular weight is 890 g/mol. The number of unbranched alkanes of at least 4 members (excludes halogenated alkanes) is 28. The van der Waals surface area contributed by atoms with Crippen LogP contribution < -0.4 is 0 Å². The topological polar surface area (TPSA) is 195 Å². The summed E-state index contributed by atoms with van der Waals surface area (Å²) >= 11 is 0. The van der Waals surface area contributed by atoms with E-state index in [0.29, 0.717) is 12.8 Å². The van der Waals surface area contributed by atoms with E-state index in [0.717, 1.165) is 38.5 Å². The van der Waals surface area contributed by atoms with Crippen LogP contribution >= 0.6 is 0 Å². The first kappa shape index (κ1) is 59.6. The number of rotatable bonds is 41. The Bertz CT molecular complexity index is 1110. The van der Waals surface area contributed by atoms with Gasteiger partial charge in [-0.15, -0.1) is 0 Å². The Hall–Kier alpha value is -0.390. The molecular formula is C45H86NaO13S. The minimum absolute atomic E-state index is 0. The number of ether oxygens (including phenoxy) is 4. The van der Waals surface area contributed by atoms with E-state index in [1.807, 2.05) is 0 Å². The quantitative estimate of drug-likeness (QED) is 0.0197. The number of hydrogen-bond acceptors (Lipinski definition) is 12. The molecule has 0 aromatic carbocycles. The summed E-state index contributed by atoms with van der Waals surface area (Å²) in [6.07, 6.45) is 27.3. The van der Waals surface area contributed by atoms with Crippen molar-refractivity contribution in [2.45, 2.75) is 256 Å². The first-order valence-electron chi connectivity index (χ1n) is 23.8. The summed E-state index contributed by atoms with van der Waals surface area (Å²) < 4.78 is 57.4. The first-order chi connectivity index (χ1) is 28.5. The average Bonchev–Trinajstić information content (AvgIpc) is 3.20. The zero-order chi connectivity index (χ0) is 43.4. The Morgan fingerprint density at radius 1 is 0.533 bits per heavy atom. The molecule has 1 aliphatic rings. The third kappa shape index (κ3) is 34.1. The summed E-state index contributed by atoms with van der Waals surface area (Å²) in [6, 6.07) is 0. The van der Waals surface area contributed by atoms with Gasteiger partial charge in [-0.2, -0.15) is 8.42 Å². The maximum absolute atomic E-state index is 12.8. The number of esters is 2. The van der Waals surface area contributed by atoms with Crippen LogP contribution in [0.5, 0.6) is 0 Å². The molecule has 0 saturated carbocycles. The Morgan fingerprint density at radius 3 is 1.28 bits per heavy atom. The largest absolute Gasteiger partial charge is 0.462 e. The van der Waals surface area contributed by atoms with Gasteiger partial charge in [0.15, 0.2) is 12.4 Å². The van der Waals surface area contributed by atoms with Gasteiger partial charge in [-0.3, -0.25) is 14.1 Å². The number of aliphatic hydroxyl groups is 3. The second-order valence-electron chi connectivity index (χ2n) is 16.8. The molecule has 6 unspecified atom stereocenters. The van der Waals surface area contributed by atoms with E-state index in [1.165, 1.54) is 141 Å². The molecule has 1 saturated heterocycles. The molecule has 1 heterocycles. The molecule has 351 valence electrons. The summed E-state index contributed by atoms with van der Waals surface area (Å²) in [4.78, 5) is 25.5. The van der Waals surface area contributed by atoms with Gasteiger partial charge in [0.2, 0.25) is 0 Å². The van der Waals surface area contributed by atoms with Crippen molar-refractivity contribution in [3.8, 4) is 0 Å². The molecule has 0 aromatic heterocycles. The van der Waals surface area contributed by atoms with Gasteiger partial charge in [-0.25, -0.2) is 4.18 Å². The van der Waals surface area contributed by atoms with E-state index in [4.69, 9.17) is 23.5 Å². The molecule has 0 spiro atoms. The second-order valence-corrected chi connectivity index (χ2v) is 17.8. The minimum Gasteiger partial charge on any atom is -0.462 e. The Morgan fingerprint density at radius 2 is 0.900 bits per heavy atom. The molecule has 1 radical (unpaired) electrons. The Labute approximate surface area is 386 Å². The monoisotopic (exact) mass is 890 g/mol. The molecule has 1 fully saturated rings. The maximum Gasteiger partial charge on any atom is 0.397 e. The fraction of sp³-hybridized carbons (Fsp3) is 0.956. The van der Waals surface area contributed by atoms with Crippen LogP contribution in [0.15, 0.2) is 0 Å². The SMILES string of the molecule is CCCCCCCCCCCCCCCCCC(=O)OCC(COC1OC(COS(=O)(=O)O)C(O)C(O)C1O)OC(=O)CCCCCCCCCCCCCCCCC.[Na]. The number of hydrogen-bond donors (Lipinski definition) is 4. The van der Waals surface area contributed by atoms with Crippen molar-refractivity contribution < 1.29 is 61.0 Å². The van der Waals surface area contributed by atoms with Crippen molar-refractivity contribution >= 4 is 51.9 Å². The predicted molar refractivity (Wildman–Crippen MR) is 236 cm³/mol. The number of carbonyl (C=O) groups excluding carboxylic acids is 2. The normalized spacial score (nSPS) is 19.8. The van der Waals surface area contributed by atoms with Crippen LogP contribution in [-0.2, 0) is 43.1 Å². The first-order valence-corrected chi connectivity index (χ1v) is 25.1. The molecule has 0 aliphatic carbocycles. The van der Waals surface area contributed by atoms with Crippen LogP contribution in [-0.4, -0.2) is 126 Å². The van der Waals surface area contributed by atoms with E-state index < -0.39 is 72.4 Å².